The van der Waals surface area contributed by atoms with Gasteiger partial charge in [-0.05, 0) is 30.5 Å². The average Bonchev–Trinajstić information content (AvgIpc) is 2.97. The van der Waals surface area contributed by atoms with Gasteiger partial charge >= 0.3 is 0 Å². The van der Waals surface area contributed by atoms with Gasteiger partial charge in [0.1, 0.15) is 5.76 Å². The van der Waals surface area contributed by atoms with E-state index in [1.807, 2.05) is 35.9 Å². The third-order valence-corrected chi connectivity index (χ3v) is 3.31. The lowest BCUT2D eigenvalue weighted by Gasteiger charge is -2.22. The number of amides is 1. The number of hydrogen-bond donors (Lipinski definition) is 0. The van der Waals surface area contributed by atoms with Crippen molar-refractivity contribution in [3.63, 3.8) is 0 Å². The van der Waals surface area contributed by atoms with Crippen molar-refractivity contribution >= 4 is 17.2 Å². The van der Waals surface area contributed by atoms with Gasteiger partial charge < -0.3 is 9.32 Å². The fraction of sp³-hybridized carbons (Fsp3) is 0.250. The van der Waals surface area contributed by atoms with E-state index in [4.69, 9.17) is 4.42 Å². The Kier molecular flexibility index (Phi) is 3.10. The van der Waals surface area contributed by atoms with Gasteiger partial charge in [-0.25, -0.2) is 0 Å². The van der Waals surface area contributed by atoms with Gasteiger partial charge in [-0.1, -0.05) is 0 Å². The monoisotopic (exact) mass is 235 g/mol. The maximum absolute atomic E-state index is 12.0. The van der Waals surface area contributed by atoms with Gasteiger partial charge in [0.2, 0.25) is 0 Å². The maximum Gasteiger partial charge on any atom is 0.255 e. The Bertz CT molecular complexity index is 447. The molecule has 2 aromatic heterocycles. The molecule has 0 bridgehead atoms. The van der Waals surface area contributed by atoms with Gasteiger partial charge in [-0.3, -0.25) is 4.79 Å². The Morgan fingerprint density at radius 1 is 1.50 bits per heavy atom. The zero-order chi connectivity index (χ0) is 11.5. The summed E-state index contributed by atoms with van der Waals surface area (Å²) in [7, 11) is 1.78. The minimum atomic E-state index is -0.0533. The first-order chi connectivity index (χ1) is 7.70. The van der Waals surface area contributed by atoms with Crippen LogP contribution in [-0.4, -0.2) is 17.9 Å². The summed E-state index contributed by atoms with van der Waals surface area (Å²) in [4.78, 5) is 13.7. The average molecular weight is 235 g/mol. The molecule has 16 heavy (non-hydrogen) atoms. The van der Waals surface area contributed by atoms with Crippen molar-refractivity contribution < 1.29 is 9.21 Å². The second kappa shape index (κ2) is 4.53. The molecule has 0 aromatic carbocycles. The molecule has 0 aliphatic rings. The molecule has 0 saturated carbocycles. The van der Waals surface area contributed by atoms with Gasteiger partial charge in [0, 0.05) is 12.4 Å². The van der Waals surface area contributed by atoms with E-state index in [-0.39, 0.29) is 11.9 Å². The second-order valence-corrected chi connectivity index (χ2v) is 4.40. The lowest BCUT2D eigenvalue weighted by molar-refractivity contribution is 0.0727. The molecule has 0 N–H and O–H groups in total. The van der Waals surface area contributed by atoms with Gasteiger partial charge in [0.15, 0.2) is 0 Å². The highest BCUT2D eigenvalue weighted by molar-refractivity contribution is 7.08. The van der Waals surface area contributed by atoms with Crippen LogP contribution >= 0.6 is 11.3 Å². The second-order valence-electron chi connectivity index (χ2n) is 3.62. The third kappa shape index (κ3) is 2.02. The molecule has 84 valence electrons. The highest BCUT2D eigenvalue weighted by Gasteiger charge is 2.20. The SMILES string of the molecule is CC(c1ccco1)N(C)C(=O)c1ccsc1. The zero-order valence-electron chi connectivity index (χ0n) is 9.21. The first kappa shape index (κ1) is 11.0. The van der Waals surface area contributed by atoms with Gasteiger partial charge in [-0.2, -0.15) is 11.3 Å². The van der Waals surface area contributed by atoms with Gasteiger partial charge in [0.25, 0.3) is 5.91 Å². The van der Waals surface area contributed by atoms with Crippen molar-refractivity contribution in [1.82, 2.24) is 4.90 Å². The normalized spacial score (nSPS) is 12.4. The van der Waals surface area contributed by atoms with E-state index in [9.17, 15) is 4.79 Å². The molecular formula is C12H13NO2S. The van der Waals surface area contributed by atoms with Crippen LogP contribution in [0.4, 0.5) is 0 Å². The first-order valence-electron chi connectivity index (χ1n) is 5.03. The van der Waals surface area contributed by atoms with Crippen molar-refractivity contribution in [3.05, 3.63) is 46.5 Å². The van der Waals surface area contributed by atoms with Crippen LogP contribution in [0.15, 0.2) is 39.6 Å². The highest BCUT2D eigenvalue weighted by atomic mass is 32.1. The number of furan rings is 1. The molecule has 1 atom stereocenters. The van der Waals surface area contributed by atoms with Crippen LogP contribution in [-0.2, 0) is 0 Å². The van der Waals surface area contributed by atoms with Crippen LogP contribution in [0.1, 0.15) is 29.1 Å². The predicted molar refractivity (Wildman–Crippen MR) is 63.5 cm³/mol. The van der Waals surface area contributed by atoms with Gasteiger partial charge in [-0.15, -0.1) is 0 Å². The molecule has 3 nitrogen and oxygen atoms in total. The minimum Gasteiger partial charge on any atom is -0.467 e. The fourth-order valence-corrected chi connectivity index (χ4v) is 2.12. The summed E-state index contributed by atoms with van der Waals surface area (Å²) in [6.07, 6.45) is 1.62. The molecule has 1 amide bonds. The van der Waals surface area contributed by atoms with E-state index in [0.717, 1.165) is 11.3 Å². The van der Waals surface area contributed by atoms with Gasteiger partial charge in [0.05, 0.1) is 17.9 Å². The number of thiophene rings is 1. The largest absolute Gasteiger partial charge is 0.467 e. The predicted octanol–water partition coefficient (Wildman–Crippen LogP) is 3.17. The van der Waals surface area contributed by atoms with Crippen molar-refractivity contribution in [2.45, 2.75) is 13.0 Å². The van der Waals surface area contributed by atoms with E-state index in [1.54, 1.807) is 18.2 Å². The molecule has 0 radical (unpaired) electrons. The number of carbonyl (C=O) groups is 1. The maximum atomic E-state index is 12.0. The number of hydrogen-bond acceptors (Lipinski definition) is 3. The summed E-state index contributed by atoms with van der Waals surface area (Å²) in [6.45, 7) is 1.95. The molecular weight excluding hydrogens is 222 g/mol. The van der Waals surface area contributed by atoms with E-state index >= 15 is 0 Å². The minimum absolute atomic E-state index is 0.0187. The summed E-state index contributed by atoms with van der Waals surface area (Å²) >= 11 is 1.52. The fourth-order valence-electron chi connectivity index (χ4n) is 1.49. The Balaban J connectivity index is 2.14. The molecule has 0 saturated heterocycles. The number of carbonyl (C=O) groups excluding carboxylic acids is 1. The molecule has 0 fully saturated rings. The van der Waals surface area contributed by atoms with Crippen molar-refractivity contribution in [2.24, 2.45) is 0 Å². The quantitative estimate of drug-likeness (QED) is 0.818. The first-order valence-corrected chi connectivity index (χ1v) is 5.97. The molecule has 2 rings (SSSR count). The standard InChI is InChI=1S/C12H13NO2S/c1-9(11-4-3-6-15-11)13(2)12(14)10-5-7-16-8-10/h3-9H,1-2H3. The Morgan fingerprint density at radius 2 is 2.31 bits per heavy atom. The van der Waals surface area contributed by atoms with E-state index < -0.39 is 0 Å². The smallest absolute Gasteiger partial charge is 0.255 e. The van der Waals surface area contributed by atoms with Crippen LogP contribution < -0.4 is 0 Å². The molecule has 2 heterocycles. The molecule has 0 aliphatic carbocycles. The van der Waals surface area contributed by atoms with Crippen molar-refractivity contribution in [1.29, 1.82) is 0 Å². The van der Waals surface area contributed by atoms with E-state index in [0.29, 0.717) is 0 Å². The Hall–Kier alpha value is -1.55. The number of nitrogens with zero attached hydrogens (tertiary/aromatic N) is 1. The summed E-state index contributed by atoms with van der Waals surface area (Å²) < 4.78 is 5.29. The molecule has 2 aromatic rings. The van der Waals surface area contributed by atoms with E-state index in [2.05, 4.69) is 0 Å². The molecule has 0 aliphatic heterocycles. The topological polar surface area (TPSA) is 33.5 Å². The summed E-state index contributed by atoms with van der Waals surface area (Å²) in [6, 6.07) is 5.48. The summed E-state index contributed by atoms with van der Waals surface area (Å²) in [5.74, 6) is 0.816. The Morgan fingerprint density at radius 3 is 2.88 bits per heavy atom. The third-order valence-electron chi connectivity index (χ3n) is 2.62. The lowest BCUT2D eigenvalue weighted by atomic mass is 10.2. The highest BCUT2D eigenvalue weighted by Crippen LogP contribution is 2.21. The van der Waals surface area contributed by atoms with Crippen LogP contribution in [0.2, 0.25) is 0 Å². The van der Waals surface area contributed by atoms with Crippen LogP contribution in [0, 0.1) is 0 Å². The number of rotatable bonds is 3. The van der Waals surface area contributed by atoms with Crippen LogP contribution in [0.25, 0.3) is 0 Å². The molecule has 1 unspecified atom stereocenters. The van der Waals surface area contributed by atoms with Crippen molar-refractivity contribution in [3.8, 4) is 0 Å². The van der Waals surface area contributed by atoms with E-state index in [1.165, 1.54) is 11.3 Å². The Labute approximate surface area is 98.3 Å². The molecule has 4 heteroatoms. The van der Waals surface area contributed by atoms with Crippen LogP contribution in [0.3, 0.4) is 0 Å². The summed E-state index contributed by atoms with van der Waals surface area (Å²) in [5, 5.41) is 3.76. The lowest BCUT2D eigenvalue weighted by Crippen LogP contribution is -2.29. The zero-order valence-corrected chi connectivity index (χ0v) is 10.0. The van der Waals surface area contributed by atoms with Crippen molar-refractivity contribution in [2.75, 3.05) is 7.05 Å². The van der Waals surface area contributed by atoms with Crippen LogP contribution in [0.5, 0.6) is 0 Å². The summed E-state index contributed by atoms with van der Waals surface area (Å²) in [5.41, 5.74) is 0.728. The molecule has 0 spiro atoms.